The normalized spacial score (nSPS) is 12.0. The van der Waals surface area contributed by atoms with Crippen molar-refractivity contribution >= 4 is 33.6 Å². The molecule has 6 heteroatoms. The van der Waals surface area contributed by atoms with Gasteiger partial charge in [-0.05, 0) is 51.0 Å². The molecule has 6 nitrogen and oxygen atoms in total. The molecule has 2 amide bonds. The van der Waals surface area contributed by atoms with Gasteiger partial charge in [0, 0.05) is 34.7 Å². The topological polar surface area (TPSA) is 84.0 Å². The van der Waals surface area contributed by atoms with E-state index < -0.39 is 0 Å². The van der Waals surface area contributed by atoms with Crippen molar-refractivity contribution in [1.29, 1.82) is 0 Å². The Labute approximate surface area is 193 Å². The second-order valence-corrected chi connectivity index (χ2v) is 8.28. The predicted octanol–water partition coefficient (Wildman–Crippen LogP) is 4.73. The molecular weight excluding hydrogens is 412 g/mol. The highest BCUT2D eigenvalue weighted by atomic mass is 16.2. The number of fused-ring (bicyclic) bond motifs is 2. The Kier molecular flexibility index (Phi) is 6.63. The summed E-state index contributed by atoms with van der Waals surface area (Å²) in [6.07, 6.45) is 1.40. The van der Waals surface area contributed by atoms with E-state index in [-0.39, 0.29) is 17.9 Å². The highest BCUT2D eigenvalue weighted by Gasteiger charge is 2.17. The molecule has 2 aromatic heterocycles. The molecule has 0 radical (unpaired) electrons. The van der Waals surface area contributed by atoms with E-state index >= 15 is 0 Å². The molecule has 4 aromatic rings. The molecule has 0 aliphatic rings. The summed E-state index contributed by atoms with van der Waals surface area (Å²) in [5.74, 6) is -0.251. The Bertz CT molecular complexity index is 1330. The van der Waals surface area contributed by atoms with Gasteiger partial charge in [-0.1, -0.05) is 43.3 Å². The van der Waals surface area contributed by atoms with E-state index in [9.17, 15) is 9.59 Å². The average Bonchev–Trinajstić information content (AvgIpc) is 2.82. The third-order valence-corrected chi connectivity index (χ3v) is 5.78. The minimum Gasteiger partial charge on any atom is -0.352 e. The number of pyridine rings is 2. The van der Waals surface area contributed by atoms with Crippen LogP contribution in [0.2, 0.25) is 0 Å². The van der Waals surface area contributed by atoms with Gasteiger partial charge in [-0.15, -0.1) is 0 Å². The lowest BCUT2D eigenvalue weighted by molar-refractivity contribution is 0.0934. The first-order valence-corrected chi connectivity index (χ1v) is 11.3. The van der Waals surface area contributed by atoms with Gasteiger partial charge in [0.15, 0.2) is 0 Å². The number of rotatable bonds is 7. The van der Waals surface area contributed by atoms with Gasteiger partial charge in [0.05, 0.1) is 22.2 Å². The first-order valence-electron chi connectivity index (χ1n) is 11.3. The van der Waals surface area contributed by atoms with Crippen molar-refractivity contribution in [3.63, 3.8) is 0 Å². The number of aryl methyl sites for hydroxylation is 2. The van der Waals surface area contributed by atoms with E-state index in [1.54, 1.807) is 0 Å². The van der Waals surface area contributed by atoms with E-state index in [0.717, 1.165) is 39.6 Å². The zero-order valence-electron chi connectivity index (χ0n) is 19.2. The first-order chi connectivity index (χ1) is 16.0. The zero-order chi connectivity index (χ0) is 23.4. The fourth-order valence-electron chi connectivity index (χ4n) is 4.09. The predicted molar refractivity (Wildman–Crippen MR) is 131 cm³/mol. The number of amides is 2. The summed E-state index contributed by atoms with van der Waals surface area (Å²) in [6, 6.07) is 18.9. The Hall–Kier alpha value is -3.80. The van der Waals surface area contributed by atoms with Crippen molar-refractivity contribution in [3.05, 3.63) is 83.2 Å². The number of aromatic nitrogens is 2. The van der Waals surface area contributed by atoms with Crippen molar-refractivity contribution in [1.82, 2.24) is 20.6 Å². The number of para-hydroxylation sites is 2. The molecule has 0 bridgehead atoms. The minimum atomic E-state index is -0.131. The second kappa shape index (κ2) is 9.77. The van der Waals surface area contributed by atoms with E-state index in [1.165, 1.54) is 0 Å². The van der Waals surface area contributed by atoms with Crippen LogP contribution in [0.4, 0.5) is 0 Å². The summed E-state index contributed by atoms with van der Waals surface area (Å²) in [7, 11) is 0. The third kappa shape index (κ3) is 5.00. The molecular formula is C27H28N4O2. The Morgan fingerprint density at radius 1 is 0.818 bits per heavy atom. The number of hydrogen-bond donors (Lipinski definition) is 2. The number of carbonyl (C=O) groups is 2. The summed E-state index contributed by atoms with van der Waals surface area (Å²) in [6.45, 7) is 6.27. The van der Waals surface area contributed by atoms with Crippen LogP contribution in [0.3, 0.4) is 0 Å². The van der Waals surface area contributed by atoms with Gasteiger partial charge in [0.25, 0.3) is 11.8 Å². The molecule has 0 aliphatic heterocycles. The van der Waals surface area contributed by atoms with Crippen LogP contribution >= 0.6 is 0 Å². The summed E-state index contributed by atoms with van der Waals surface area (Å²) in [4.78, 5) is 34.9. The molecule has 2 N–H and O–H groups in total. The van der Waals surface area contributed by atoms with Crippen LogP contribution < -0.4 is 10.6 Å². The summed E-state index contributed by atoms with van der Waals surface area (Å²) >= 11 is 0. The Balaban J connectivity index is 1.42. The van der Waals surface area contributed by atoms with Crippen LogP contribution in [-0.4, -0.2) is 34.4 Å². The van der Waals surface area contributed by atoms with Gasteiger partial charge in [0.2, 0.25) is 0 Å². The Morgan fingerprint density at radius 2 is 1.33 bits per heavy atom. The molecule has 0 unspecified atom stereocenters. The zero-order valence-corrected chi connectivity index (χ0v) is 19.2. The van der Waals surface area contributed by atoms with E-state index in [1.807, 2.05) is 81.4 Å². The number of carbonyl (C=O) groups excluding carboxylic acids is 2. The van der Waals surface area contributed by atoms with Gasteiger partial charge in [-0.3, -0.25) is 19.6 Å². The summed E-state index contributed by atoms with van der Waals surface area (Å²) in [5, 5.41) is 7.80. The van der Waals surface area contributed by atoms with Crippen LogP contribution in [0.5, 0.6) is 0 Å². The SMILES string of the molecule is CC[C@H](CCNC(=O)c1cc(C)nc2ccccc12)NC(=O)c1cc(C)nc2ccccc12. The minimum absolute atomic E-state index is 0.0547. The van der Waals surface area contributed by atoms with E-state index in [2.05, 4.69) is 20.6 Å². The number of nitrogens with zero attached hydrogens (tertiary/aromatic N) is 2. The fourth-order valence-corrected chi connectivity index (χ4v) is 4.09. The molecule has 0 saturated carbocycles. The van der Waals surface area contributed by atoms with Gasteiger partial charge in [-0.2, -0.15) is 0 Å². The number of hydrogen-bond acceptors (Lipinski definition) is 4. The van der Waals surface area contributed by atoms with Crippen molar-refractivity contribution in [2.45, 2.75) is 39.7 Å². The maximum absolute atomic E-state index is 13.0. The van der Waals surface area contributed by atoms with Crippen LogP contribution in [0, 0.1) is 13.8 Å². The van der Waals surface area contributed by atoms with Crippen molar-refractivity contribution in [3.8, 4) is 0 Å². The van der Waals surface area contributed by atoms with Gasteiger partial charge >= 0.3 is 0 Å². The summed E-state index contributed by atoms with van der Waals surface area (Å²) in [5.41, 5.74) is 4.47. The van der Waals surface area contributed by atoms with Crippen molar-refractivity contribution < 1.29 is 9.59 Å². The maximum Gasteiger partial charge on any atom is 0.252 e. The smallest absolute Gasteiger partial charge is 0.252 e. The first kappa shape index (κ1) is 22.4. The van der Waals surface area contributed by atoms with Crippen LogP contribution in [-0.2, 0) is 0 Å². The third-order valence-electron chi connectivity index (χ3n) is 5.78. The monoisotopic (exact) mass is 440 g/mol. The van der Waals surface area contributed by atoms with Gasteiger partial charge < -0.3 is 10.6 Å². The number of nitrogens with one attached hydrogen (secondary N) is 2. The lowest BCUT2D eigenvalue weighted by Crippen LogP contribution is -2.37. The molecule has 0 fully saturated rings. The quantitative estimate of drug-likeness (QED) is 0.435. The Morgan fingerprint density at radius 3 is 1.88 bits per heavy atom. The lowest BCUT2D eigenvalue weighted by atomic mass is 10.1. The molecule has 33 heavy (non-hydrogen) atoms. The molecule has 0 aliphatic carbocycles. The standard InChI is InChI=1S/C27H28N4O2/c1-4-19(31-27(33)23-16-18(3)30-25-12-8-6-10-21(23)25)13-14-28-26(32)22-15-17(2)29-24-11-7-5-9-20(22)24/h5-12,15-16,19H,4,13-14H2,1-3H3,(H,28,32)(H,31,33)/t19-/m1/s1. The molecule has 2 heterocycles. The maximum atomic E-state index is 13.0. The average molecular weight is 441 g/mol. The highest BCUT2D eigenvalue weighted by Crippen LogP contribution is 2.19. The highest BCUT2D eigenvalue weighted by molar-refractivity contribution is 6.07. The van der Waals surface area contributed by atoms with E-state index in [0.29, 0.717) is 24.1 Å². The molecule has 0 spiro atoms. The van der Waals surface area contributed by atoms with Crippen molar-refractivity contribution in [2.24, 2.45) is 0 Å². The van der Waals surface area contributed by atoms with Crippen molar-refractivity contribution in [2.75, 3.05) is 6.54 Å². The number of benzene rings is 2. The molecule has 0 saturated heterocycles. The lowest BCUT2D eigenvalue weighted by Gasteiger charge is -2.18. The van der Waals surface area contributed by atoms with Gasteiger partial charge in [-0.25, -0.2) is 0 Å². The van der Waals surface area contributed by atoms with Crippen LogP contribution in [0.25, 0.3) is 21.8 Å². The fraction of sp³-hybridized carbons (Fsp3) is 0.259. The summed E-state index contributed by atoms with van der Waals surface area (Å²) < 4.78 is 0. The van der Waals surface area contributed by atoms with E-state index in [4.69, 9.17) is 0 Å². The molecule has 1 atom stereocenters. The molecule has 168 valence electrons. The van der Waals surface area contributed by atoms with Crippen LogP contribution in [0.1, 0.15) is 51.9 Å². The van der Waals surface area contributed by atoms with Gasteiger partial charge in [0.1, 0.15) is 0 Å². The largest absolute Gasteiger partial charge is 0.352 e. The second-order valence-electron chi connectivity index (χ2n) is 8.28. The van der Waals surface area contributed by atoms with Crippen LogP contribution in [0.15, 0.2) is 60.7 Å². The molecule has 4 rings (SSSR count). The molecule has 2 aromatic carbocycles.